The molecule has 1 aromatic heterocycles. The van der Waals surface area contributed by atoms with Crippen molar-refractivity contribution in [2.45, 2.75) is 37.6 Å². The van der Waals surface area contributed by atoms with Crippen LogP contribution in [0, 0.1) is 5.82 Å². The number of ether oxygens (including phenoxy) is 1. The monoisotopic (exact) mass is 478 g/mol. The number of hydrogen-bond donors (Lipinski definition) is 2. The second-order valence-electron chi connectivity index (χ2n) is 8.27. The number of hydrogen-bond acceptors (Lipinski definition) is 7. The van der Waals surface area contributed by atoms with Gasteiger partial charge < -0.3 is 25.2 Å². The van der Waals surface area contributed by atoms with Crippen molar-refractivity contribution in [1.29, 1.82) is 0 Å². The third kappa shape index (κ3) is 4.19. The molecule has 0 spiro atoms. The molecular formula is C22H25F3N6O3. The van der Waals surface area contributed by atoms with Gasteiger partial charge >= 0.3 is 5.92 Å². The van der Waals surface area contributed by atoms with Crippen LogP contribution in [-0.2, 0) is 4.79 Å². The lowest BCUT2D eigenvalue weighted by Gasteiger charge is -2.31. The van der Waals surface area contributed by atoms with Crippen molar-refractivity contribution >= 4 is 35.0 Å². The molecule has 9 nitrogen and oxygen atoms in total. The molecule has 2 amide bonds. The normalized spacial score (nSPS) is 17.9. The molecule has 2 aromatic rings. The number of nitrogens with zero attached hydrogens (tertiary/aromatic N) is 4. The summed E-state index contributed by atoms with van der Waals surface area (Å²) in [6, 6.07) is 2.11. The Kier molecular flexibility index (Phi) is 6.24. The minimum Gasteiger partial charge on any atom is -0.495 e. The van der Waals surface area contributed by atoms with Gasteiger partial charge in [0, 0.05) is 26.2 Å². The highest BCUT2D eigenvalue weighted by molar-refractivity contribution is 6.02. The molecule has 0 saturated heterocycles. The first-order valence-electron chi connectivity index (χ1n) is 10.8. The van der Waals surface area contributed by atoms with Gasteiger partial charge in [0.2, 0.25) is 5.95 Å². The Morgan fingerprint density at radius 2 is 1.97 bits per heavy atom. The van der Waals surface area contributed by atoms with Gasteiger partial charge in [-0.25, -0.2) is 9.37 Å². The number of fused-ring (bicyclic) bond motifs is 1. The summed E-state index contributed by atoms with van der Waals surface area (Å²) in [5.41, 5.74) is 0.0960. The molecule has 1 aliphatic heterocycles. The molecule has 1 aromatic carbocycles. The van der Waals surface area contributed by atoms with Crippen molar-refractivity contribution in [1.82, 2.24) is 15.3 Å². The summed E-state index contributed by atoms with van der Waals surface area (Å²) in [7, 11) is 4.00. The van der Waals surface area contributed by atoms with Crippen LogP contribution in [-0.4, -0.2) is 61.5 Å². The quantitative estimate of drug-likeness (QED) is 0.681. The number of carbonyl (C=O) groups is 2. The Morgan fingerprint density at radius 3 is 2.62 bits per heavy atom. The highest BCUT2D eigenvalue weighted by atomic mass is 19.3. The number of methoxy groups -OCH3 is 1. The van der Waals surface area contributed by atoms with E-state index in [9.17, 15) is 22.8 Å². The van der Waals surface area contributed by atoms with Crippen molar-refractivity contribution in [3.63, 3.8) is 0 Å². The fraction of sp³-hybridized carbons (Fsp3) is 0.455. The lowest BCUT2D eigenvalue weighted by molar-refractivity contribution is -0.140. The third-order valence-electron chi connectivity index (χ3n) is 6.14. The molecular weight excluding hydrogens is 453 g/mol. The number of alkyl halides is 2. The molecule has 1 fully saturated rings. The molecule has 12 heteroatoms. The largest absolute Gasteiger partial charge is 0.495 e. The number of amides is 2. The zero-order valence-electron chi connectivity index (χ0n) is 19.0. The predicted molar refractivity (Wildman–Crippen MR) is 120 cm³/mol. The Hall–Kier alpha value is -3.57. The molecule has 1 saturated carbocycles. The molecule has 34 heavy (non-hydrogen) atoms. The van der Waals surface area contributed by atoms with E-state index in [0.29, 0.717) is 12.8 Å². The van der Waals surface area contributed by atoms with Crippen LogP contribution in [0.4, 0.5) is 36.3 Å². The molecule has 0 atom stereocenters. The molecule has 2 aliphatic rings. The van der Waals surface area contributed by atoms with Crippen molar-refractivity contribution in [3.05, 3.63) is 29.7 Å². The Bertz CT molecular complexity index is 1120. The lowest BCUT2D eigenvalue weighted by Crippen LogP contribution is -2.48. The fourth-order valence-electron chi connectivity index (χ4n) is 4.35. The van der Waals surface area contributed by atoms with Gasteiger partial charge in [0.05, 0.1) is 31.1 Å². The summed E-state index contributed by atoms with van der Waals surface area (Å²) < 4.78 is 49.2. The molecule has 0 radical (unpaired) electrons. The van der Waals surface area contributed by atoms with E-state index >= 15 is 0 Å². The van der Waals surface area contributed by atoms with Gasteiger partial charge in [0.15, 0.2) is 5.82 Å². The van der Waals surface area contributed by atoms with Crippen LogP contribution in [0.3, 0.4) is 0 Å². The van der Waals surface area contributed by atoms with E-state index in [2.05, 4.69) is 20.6 Å². The summed E-state index contributed by atoms with van der Waals surface area (Å²) in [6.07, 6.45) is 4.50. The first kappa shape index (κ1) is 23.6. The number of rotatable bonds is 5. The van der Waals surface area contributed by atoms with Gasteiger partial charge in [-0.05, 0) is 18.9 Å². The van der Waals surface area contributed by atoms with E-state index in [1.807, 2.05) is 0 Å². The molecule has 4 rings (SSSR count). The van der Waals surface area contributed by atoms with E-state index in [-0.39, 0.29) is 40.5 Å². The number of benzene rings is 1. The molecule has 0 bridgehead atoms. The van der Waals surface area contributed by atoms with Crippen LogP contribution < -0.4 is 25.2 Å². The van der Waals surface area contributed by atoms with Crippen LogP contribution in [0.1, 0.15) is 36.0 Å². The van der Waals surface area contributed by atoms with Gasteiger partial charge in [-0.3, -0.25) is 9.59 Å². The number of halogens is 3. The first-order valence-corrected chi connectivity index (χ1v) is 10.8. The summed E-state index contributed by atoms with van der Waals surface area (Å²) in [5, 5.41) is 5.19. The van der Waals surface area contributed by atoms with Crippen LogP contribution >= 0.6 is 0 Å². The average Bonchev–Trinajstić information content (AvgIpc) is 3.34. The summed E-state index contributed by atoms with van der Waals surface area (Å²) in [5.74, 6) is -5.98. The fourth-order valence-corrected chi connectivity index (χ4v) is 4.35. The van der Waals surface area contributed by atoms with E-state index < -0.39 is 30.1 Å². The Morgan fingerprint density at radius 1 is 1.26 bits per heavy atom. The number of carbonyl (C=O) groups excluding carboxylic acids is 2. The standard InChI is InChI=1S/C22H25F3N6O3/c1-26-19(32)13-8-17(34-3)15(9-14(13)23)28-21-27-10-16-18(29-21)31(12-6-4-5-7-12)11-22(24,25)20(33)30(16)2/h8-10,12H,4-7,11H2,1-3H3,(H,26,32)(H,27,28,29). The van der Waals surface area contributed by atoms with Gasteiger partial charge in [-0.1, -0.05) is 12.8 Å². The zero-order chi connectivity index (χ0) is 24.6. The maximum absolute atomic E-state index is 14.7. The zero-order valence-corrected chi connectivity index (χ0v) is 19.0. The van der Waals surface area contributed by atoms with Crippen LogP contribution in [0.2, 0.25) is 0 Å². The van der Waals surface area contributed by atoms with Crippen LogP contribution in [0.5, 0.6) is 5.75 Å². The molecule has 0 unspecified atom stereocenters. The third-order valence-corrected chi connectivity index (χ3v) is 6.14. The summed E-state index contributed by atoms with van der Waals surface area (Å²) >= 11 is 0. The first-order chi connectivity index (χ1) is 16.2. The second-order valence-corrected chi connectivity index (χ2v) is 8.27. The predicted octanol–water partition coefficient (Wildman–Crippen LogP) is 3.09. The Balaban J connectivity index is 1.75. The topological polar surface area (TPSA) is 99.7 Å². The Labute approximate surface area is 194 Å². The highest BCUT2D eigenvalue weighted by Crippen LogP contribution is 2.40. The second kappa shape index (κ2) is 8.99. The SMILES string of the molecule is CNC(=O)c1cc(OC)c(Nc2ncc3c(n2)N(C2CCCC2)CC(F)(F)C(=O)N3C)cc1F. The molecule has 2 heterocycles. The number of nitrogens with one attached hydrogen (secondary N) is 2. The lowest BCUT2D eigenvalue weighted by atomic mass is 10.1. The van der Waals surface area contributed by atoms with Crippen molar-refractivity contribution < 1.29 is 27.5 Å². The smallest absolute Gasteiger partial charge is 0.342 e. The number of anilines is 4. The molecule has 1 aliphatic carbocycles. The van der Waals surface area contributed by atoms with Crippen molar-refractivity contribution in [2.75, 3.05) is 42.9 Å². The van der Waals surface area contributed by atoms with Gasteiger partial charge in [0.25, 0.3) is 11.8 Å². The van der Waals surface area contributed by atoms with Gasteiger partial charge in [-0.2, -0.15) is 13.8 Å². The maximum atomic E-state index is 14.7. The summed E-state index contributed by atoms with van der Waals surface area (Å²) in [4.78, 5) is 35.2. The summed E-state index contributed by atoms with van der Waals surface area (Å²) in [6.45, 7) is -0.789. The van der Waals surface area contributed by atoms with E-state index in [4.69, 9.17) is 4.74 Å². The van der Waals surface area contributed by atoms with Crippen LogP contribution in [0.25, 0.3) is 0 Å². The van der Waals surface area contributed by atoms with E-state index in [0.717, 1.165) is 23.8 Å². The van der Waals surface area contributed by atoms with Gasteiger partial charge in [0.1, 0.15) is 17.3 Å². The minimum atomic E-state index is -3.59. The average molecular weight is 478 g/mol. The van der Waals surface area contributed by atoms with Gasteiger partial charge in [-0.15, -0.1) is 0 Å². The van der Waals surface area contributed by atoms with E-state index in [1.165, 1.54) is 38.4 Å². The van der Waals surface area contributed by atoms with Crippen molar-refractivity contribution in [2.24, 2.45) is 0 Å². The number of aromatic nitrogens is 2. The maximum Gasteiger partial charge on any atom is 0.342 e. The highest BCUT2D eigenvalue weighted by Gasteiger charge is 2.48. The molecule has 2 N–H and O–H groups in total. The van der Waals surface area contributed by atoms with E-state index in [1.54, 1.807) is 0 Å². The van der Waals surface area contributed by atoms with Crippen LogP contribution in [0.15, 0.2) is 18.3 Å². The van der Waals surface area contributed by atoms with Crippen molar-refractivity contribution in [3.8, 4) is 5.75 Å². The molecule has 182 valence electrons. The minimum absolute atomic E-state index is 0.00166.